The largest absolute Gasteiger partial charge is 0.366 e. The Morgan fingerprint density at radius 3 is 2.90 bits per heavy atom. The second-order valence-electron chi connectivity index (χ2n) is 5.43. The molecule has 3 rings (SSSR count). The highest BCUT2D eigenvalue weighted by Crippen LogP contribution is 2.35. The molecule has 2 aliphatic rings. The lowest BCUT2D eigenvalue weighted by Gasteiger charge is -2.31. The molecular formula is C15H18Cl2N2O2. The Bertz CT molecular complexity index is 532. The summed E-state index contributed by atoms with van der Waals surface area (Å²) in [5.74, 6) is 0.0655. The van der Waals surface area contributed by atoms with Crippen LogP contribution in [0, 0.1) is 0 Å². The Hall–Kier alpha value is -0.810. The molecule has 2 aliphatic heterocycles. The highest BCUT2D eigenvalue weighted by atomic mass is 35.5. The van der Waals surface area contributed by atoms with Crippen molar-refractivity contribution in [3.63, 3.8) is 0 Å². The minimum Gasteiger partial charge on any atom is -0.366 e. The first-order valence-electron chi connectivity index (χ1n) is 7.24. The van der Waals surface area contributed by atoms with Crippen LogP contribution in [-0.2, 0) is 9.53 Å². The fourth-order valence-corrected chi connectivity index (χ4v) is 3.31. The predicted molar refractivity (Wildman–Crippen MR) is 82.8 cm³/mol. The lowest BCUT2D eigenvalue weighted by atomic mass is 10.0. The summed E-state index contributed by atoms with van der Waals surface area (Å²) in [6.45, 7) is 2.74. The number of nitrogens with zero attached hydrogens (tertiary/aromatic N) is 1. The van der Waals surface area contributed by atoms with Crippen molar-refractivity contribution in [3.05, 3.63) is 33.8 Å². The van der Waals surface area contributed by atoms with Crippen molar-refractivity contribution < 1.29 is 9.53 Å². The van der Waals surface area contributed by atoms with Gasteiger partial charge in [0.1, 0.15) is 6.10 Å². The number of halogens is 2. The van der Waals surface area contributed by atoms with Gasteiger partial charge in [-0.15, -0.1) is 0 Å². The molecule has 4 nitrogen and oxygen atoms in total. The first-order valence-corrected chi connectivity index (χ1v) is 8.00. The number of nitrogens with one attached hydrogen (secondary N) is 1. The smallest absolute Gasteiger partial charge is 0.253 e. The van der Waals surface area contributed by atoms with Crippen LogP contribution in [0.3, 0.4) is 0 Å². The average molecular weight is 329 g/mol. The summed E-state index contributed by atoms with van der Waals surface area (Å²) in [6.07, 6.45) is 1.57. The van der Waals surface area contributed by atoms with Crippen LogP contribution in [0.25, 0.3) is 0 Å². The van der Waals surface area contributed by atoms with Crippen molar-refractivity contribution in [2.75, 3.05) is 26.2 Å². The van der Waals surface area contributed by atoms with Crippen LogP contribution in [-0.4, -0.2) is 43.2 Å². The summed E-state index contributed by atoms with van der Waals surface area (Å²) < 4.78 is 5.58. The lowest BCUT2D eigenvalue weighted by molar-refractivity contribution is -0.146. The molecule has 2 saturated heterocycles. The van der Waals surface area contributed by atoms with E-state index in [-0.39, 0.29) is 18.1 Å². The standard InChI is InChI=1S/C15H18Cl2N2O2/c16-11-4-3-10(8-12(11)17)13-2-1-6-19(13)15(20)14-9-18-5-7-21-14/h3-4,8,13-14,18H,1-2,5-7,9H2. The summed E-state index contributed by atoms with van der Waals surface area (Å²) in [6, 6.07) is 5.67. The van der Waals surface area contributed by atoms with Crippen molar-refractivity contribution >= 4 is 29.1 Å². The summed E-state index contributed by atoms with van der Waals surface area (Å²) in [4.78, 5) is 14.6. The number of morpholine rings is 1. The van der Waals surface area contributed by atoms with Crippen LogP contribution < -0.4 is 5.32 Å². The van der Waals surface area contributed by atoms with Crippen LogP contribution in [0.5, 0.6) is 0 Å². The van der Waals surface area contributed by atoms with Crippen LogP contribution in [0.1, 0.15) is 24.4 Å². The maximum Gasteiger partial charge on any atom is 0.253 e. The van der Waals surface area contributed by atoms with E-state index in [0.717, 1.165) is 31.5 Å². The van der Waals surface area contributed by atoms with Gasteiger partial charge in [-0.3, -0.25) is 4.79 Å². The second kappa shape index (κ2) is 6.53. The predicted octanol–water partition coefficient (Wildman–Crippen LogP) is 2.65. The van der Waals surface area contributed by atoms with E-state index in [1.54, 1.807) is 6.07 Å². The zero-order valence-corrected chi connectivity index (χ0v) is 13.2. The number of benzene rings is 1. The van der Waals surface area contributed by atoms with E-state index in [1.165, 1.54) is 0 Å². The van der Waals surface area contributed by atoms with E-state index >= 15 is 0 Å². The highest BCUT2D eigenvalue weighted by molar-refractivity contribution is 6.42. The molecule has 114 valence electrons. The molecule has 2 fully saturated rings. The van der Waals surface area contributed by atoms with Crippen molar-refractivity contribution in [1.29, 1.82) is 0 Å². The highest BCUT2D eigenvalue weighted by Gasteiger charge is 2.35. The summed E-state index contributed by atoms with van der Waals surface area (Å²) in [7, 11) is 0. The third kappa shape index (κ3) is 3.19. The van der Waals surface area contributed by atoms with Gasteiger partial charge >= 0.3 is 0 Å². The number of rotatable bonds is 2. The minimum atomic E-state index is -0.373. The van der Waals surface area contributed by atoms with Gasteiger partial charge in [0.25, 0.3) is 5.91 Å². The molecule has 0 radical (unpaired) electrons. The van der Waals surface area contributed by atoms with E-state index in [4.69, 9.17) is 27.9 Å². The maximum atomic E-state index is 12.6. The molecule has 1 aromatic rings. The molecule has 0 spiro atoms. The molecule has 0 bridgehead atoms. The van der Waals surface area contributed by atoms with E-state index in [2.05, 4.69) is 5.32 Å². The van der Waals surface area contributed by atoms with Gasteiger partial charge in [-0.25, -0.2) is 0 Å². The van der Waals surface area contributed by atoms with Crippen LogP contribution in [0.15, 0.2) is 18.2 Å². The van der Waals surface area contributed by atoms with E-state index < -0.39 is 0 Å². The van der Waals surface area contributed by atoms with Gasteiger partial charge in [-0.1, -0.05) is 29.3 Å². The van der Waals surface area contributed by atoms with Crippen molar-refractivity contribution in [3.8, 4) is 0 Å². The third-order valence-corrected chi connectivity index (χ3v) is 4.81. The van der Waals surface area contributed by atoms with Crippen molar-refractivity contribution in [2.45, 2.75) is 25.0 Å². The Balaban J connectivity index is 1.78. The number of ether oxygens (including phenoxy) is 1. The molecule has 2 atom stereocenters. The number of hydrogen-bond acceptors (Lipinski definition) is 3. The normalized spacial score (nSPS) is 26.1. The monoisotopic (exact) mass is 328 g/mol. The molecule has 1 aromatic carbocycles. The van der Waals surface area contributed by atoms with Gasteiger partial charge < -0.3 is 15.0 Å². The quantitative estimate of drug-likeness (QED) is 0.907. The molecular weight excluding hydrogens is 311 g/mol. The molecule has 2 heterocycles. The zero-order chi connectivity index (χ0) is 14.8. The van der Waals surface area contributed by atoms with E-state index in [1.807, 2.05) is 17.0 Å². The molecule has 0 aliphatic carbocycles. The summed E-state index contributed by atoms with van der Waals surface area (Å²) in [5.41, 5.74) is 1.04. The van der Waals surface area contributed by atoms with Crippen molar-refractivity contribution in [1.82, 2.24) is 10.2 Å². The first-order chi connectivity index (χ1) is 10.2. The Kier molecular flexibility index (Phi) is 4.69. The van der Waals surface area contributed by atoms with Crippen LogP contribution >= 0.6 is 23.2 Å². The fourth-order valence-electron chi connectivity index (χ4n) is 3.01. The van der Waals surface area contributed by atoms with E-state index in [0.29, 0.717) is 23.2 Å². The molecule has 2 unspecified atom stereocenters. The number of amides is 1. The lowest BCUT2D eigenvalue weighted by Crippen LogP contribution is -2.49. The average Bonchev–Trinajstić information content (AvgIpc) is 2.99. The topological polar surface area (TPSA) is 41.6 Å². The summed E-state index contributed by atoms with van der Waals surface area (Å²) >= 11 is 12.1. The van der Waals surface area contributed by atoms with Crippen molar-refractivity contribution in [2.24, 2.45) is 0 Å². The number of carbonyl (C=O) groups excluding carboxylic acids is 1. The van der Waals surface area contributed by atoms with Gasteiger partial charge in [0.05, 0.1) is 22.7 Å². The van der Waals surface area contributed by atoms with Gasteiger partial charge in [0.2, 0.25) is 0 Å². The Morgan fingerprint density at radius 1 is 1.33 bits per heavy atom. The van der Waals surface area contributed by atoms with Gasteiger partial charge in [-0.05, 0) is 30.5 Å². The summed E-state index contributed by atoms with van der Waals surface area (Å²) in [5, 5.41) is 4.27. The zero-order valence-electron chi connectivity index (χ0n) is 11.6. The molecule has 0 saturated carbocycles. The van der Waals surface area contributed by atoms with Crippen LogP contribution in [0.2, 0.25) is 10.0 Å². The molecule has 6 heteroatoms. The van der Waals surface area contributed by atoms with E-state index in [9.17, 15) is 4.79 Å². The Labute approximate surface area is 134 Å². The third-order valence-electron chi connectivity index (χ3n) is 4.07. The maximum absolute atomic E-state index is 12.6. The van der Waals surface area contributed by atoms with Gasteiger partial charge in [0, 0.05) is 19.6 Å². The van der Waals surface area contributed by atoms with Gasteiger partial charge in [0.15, 0.2) is 0 Å². The minimum absolute atomic E-state index is 0.0655. The number of carbonyl (C=O) groups is 1. The first kappa shape index (κ1) is 15.1. The molecule has 1 amide bonds. The number of likely N-dealkylation sites (tertiary alicyclic amines) is 1. The van der Waals surface area contributed by atoms with Crippen LogP contribution in [0.4, 0.5) is 0 Å². The molecule has 21 heavy (non-hydrogen) atoms. The molecule has 0 aromatic heterocycles. The Morgan fingerprint density at radius 2 is 2.19 bits per heavy atom. The van der Waals surface area contributed by atoms with Gasteiger partial charge in [-0.2, -0.15) is 0 Å². The molecule has 1 N–H and O–H groups in total. The SMILES string of the molecule is O=C(C1CNCCO1)N1CCCC1c1ccc(Cl)c(Cl)c1. The fraction of sp³-hybridized carbons (Fsp3) is 0.533. The number of hydrogen-bond donors (Lipinski definition) is 1. The second-order valence-corrected chi connectivity index (χ2v) is 6.24.